The zero-order valence-electron chi connectivity index (χ0n) is 30.3. The van der Waals surface area contributed by atoms with E-state index in [4.69, 9.17) is 0 Å². The number of aliphatic carboxylic acids is 1. The summed E-state index contributed by atoms with van der Waals surface area (Å²) in [4.78, 5) is 42.5. The monoisotopic (exact) mass is 713 g/mol. The number of carbonyl (C=O) groups is 3. The molecule has 0 radical (unpaired) electrons. The van der Waals surface area contributed by atoms with Crippen LogP contribution in [0.15, 0.2) is 72.8 Å². The van der Waals surface area contributed by atoms with E-state index in [1.807, 2.05) is 74.5 Å². The van der Waals surface area contributed by atoms with Crippen molar-refractivity contribution in [2.45, 2.75) is 140 Å². The van der Waals surface area contributed by atoms with Gasteiger partial charge in [0.15, 0.2) is 5.60 Å². The number of nitrogens with zero attached hydrogens (tertiary/aromatic N) is 1. The normalized spacial score (nSPS) is 18.1. The molecule has 1 fully saturated rings. The number of carboxylic acid groups (broad SMARTS) is 1. The summed E-state index contributed by atoms with van der Waals surface area (Å²) in [5, 5.41) is 21.4. The van der Waals surface area contributed by atoms with Crippen LogP contribution in [0.1, 0.15) is 129 Å². The second-order valence-corrected chi connectivity index (χ2v) is 15.3. The van der Waals surface area contributed by atoms with Crippen LogP contribution in [-0.4, -0.2) is 49.8 Å². The number of carboxylic acids is 1. The first-order chi connectivity index (χ1) is 23.9. The Hall–Kier alpha value is -3.04. The molecule has 9 heteroatoms. The third-order valence-corrected chi connectivity index (χ3v) is 11.2. The van der Waals surface area contributed by atoms with Crippen molar-refractivity contribution in [3.05, 3.63) is 83.9 Å². The molecule has 3 rings (SSSR count). The Morgan fingerprint density at radius 1 is 0.840 bits per heavy atom. The highest BCUT2D eigenvalue weighted by Gasteiger charge is 2.60. The van der Waals surface area contributed by atoms with Crippen LogP contribution in [0.3, 0.4) is 0 Å². The maximum Gasteiger partial charge on any atom is 0.336 e. The van der Waals surface area contributed by atoms with Gasteiger partial charge in [0.1, 0.15) is 0 Å². The van der Waals surface area contributed by atoms with Gasteiger partial charge in [0.05, 0.1) is 16.7 Å². The molecule has 3 atom stereocenters. The predicted molar refractivity (Wildman–Crippen MR) is 198 cm³/mol. The standard InChI is InChI=1S/C41H57F2NO5S/c1-5-7-8-12-21-29-39(42,43)30-22-13-10-9-11-20-27-34(40(49,28-6-2)37(46)47)36(45)44-35(31(3)4)41(50-38(44)48,32-23-16-14-17-24-32)33-25-18-15-19-26-33/h14-20,23-27,31,34-35,49H,5-13,21-22,28-30H2,1-4H3,(H,46,47)/b27-20+/t34-,35+,40+/m1/s1. The minimum absolute atomic E-state index is 0.0629. The number of unbranched alkanes of at least 4 members (excludes halogenated alkanes) is 8. The van der Waals surface area contributed by atoms with Crippen molar-refractivity contribution < 1.29 is 33.4 Å². The number of halogens is 2. The number of hydrogen-bond acceptors (Lipinski definition) is 5. The highest BCUT2D eigenvalue weighted by molar-refractivity contribution is 8.15. The van der Waals surface area contributed by atoms with Crippen LogP contribution in [-0.2, 0) is 14.3 Å². The average molecular weight is 714 g/mol. The molecule has 0 bridgehead atoms. The molecular formula is C41H57F2NO5S. The van der Waals surface area contributed by atoms with Gasteiger partial charge in [0.2, 0.25) is 11.8 Å². The lowest BCUT2D eigenvalue weighted by Crippen LogP contribution is -2.56. The van der Waals surface area contributed by atoms with Gasteiger partial charge in [-0.1, -0.05) is 145 Å². The smallest absolute Gasteiger partial charge is 0.336 e. The summed E-state index contributed by atoms with van der Waals surface area (Å²) in [6, 6.07) is 18.4. The zero-order chi connectivity index (χ0) is 36.8. The van der Waals surface area contributed by atoms with Crippen molar-refractivity contribution in [3.8, 4) is 0 Å². The Morgan fingerprint density at radius 2 is 1.36 bits per heavy atom. The lowest BCUT2D eigenvalue weighted by molar-refractivity contribution is -0.169. The first kappa shape index (κ1) is 41.4. The van der Waals surface area contributed by atoms with E-state index in [2.05, 4.69) is 6.92 Å². The lowest BCUT2D eigenvalue weighted by Gasteiger charge is -2.41. The van der Waals surface area contributed by atoms with E-state index < -0.39 is 45.3 Å². The van der Waals surface area contributed by atoms with Crippen molar-refractivity contribution in [1.29, 1.82) is 0 Å². The number of allylic oxidation sites excluding steroid dienone is 1. The molecule has 2 aromatic rings. The summed E-state index contributed by atoms with van der Waals surface area (Å²) in [7, 11) is 0. The molecule has 0 saturated carbocycles. The van der Waals surface area contributed by atoms with Gasteiger partial charge in [0.25, 0.3) is 5.24 Å². The summed E-state index contributed by atoms with van der Waals surface area (Å²) in [5.41, 5.74) is -0.739. The largest absolute Gasteiger partial charge is 0.479 e. The van der Waals surface area contributed by atoms with Crippen LogP contribution >= 0.6 is 11.8 Å². The van der Waals surface area contributed by atoms with Gasteiger partial charge in [-0.05, 0) is 60.9 Å². The van der Waals surface area contributed by atoms with Crippen molar-refractivity contribution in [2.24, 2.45) is 11.8 Å². The summed E-state index contributed by atoms with van der Waals surface area (Å²) in [5.74, 6) is -6.64. The minimum atomic E-state index is -2.64. The van der Waals surface area contributed by atoms with Crippen LogP contribution in [0.4, 0.5) is 13.6 Å². The van der Waals surface area contributed by atoms with Gasteiger partial charge in [-0.2, -0.15) is 0 Å². The molecular weight excluding hydrogens is 657 g/mol. The number of alkyl halides is 2. The van der Waals surface area contributed by atoms with Gasteiger partial charge < -0.3 is 10.2 Å². The number of amides is 2. The fourth-order valence-electron chi connectivity index (χ4n) is 7.25. The van der Waals surface area contributed by atoms with Crippen LogP contribution < -0.4 is 0 Å². The van der Waals surface area contributed by atoms with Crippen molar-refractivity contribution >= 4 is 28.9 Å². The SMILES string of the molecule is CCCCCCCC(F)(F)CCCCCC/C=C/[C@H](C(=O)N1C(=O)SC(c2ccccc2)(c2ccccc2)[C@@H]1C(C)C)[C@@](O)(CCC)C(=O)O. The van der Waals surface area contributed by atoms with Gasteiger partial charge >= 0.3 is 5.97 Å². The predicted octanol–water partition coefficient (Wildman–Crippen LogP) is 10.8. The fourth-order valence-corrected chi connectivity index (χ4v) is 8.83. The summed E-state index contributed by atoms with van der Waals surface area (Å²) < 4.78 is 27.6. The molecule has 276 valence electrons. The van der Waals surface area contributed by atoms with E-state index in [9.17, 15) is 33.4 Å². The molecule has 2 aromatic carbocycles. The molecule has 6 nitrogen and oxygen atoms in total. The Bertz CT molecular complexity index is 1350. The number of carbonyl (C=O) groups excluding carboxylic acids is 2. The number of rotatable bonds is 22. The molecule has 0 unspecified atom stereocenters. The number of imide groups is 1. The highest BCUT2D eigenvalue weighted by Crippen LogP contribution is 2.56. The summed E-state index contributed by atoms with van der Waals surface area (Å²) in [6.07, 6.45) is 10.6. The first-order valence-corrected chi connectivity index (χ1v) is 19.3. The van der Waals surface area contributed by atoms with E-state index in [1.165, 1.54) is 11.0 Å². The van der Waals surface area contributed by atoms with E-state index >= 15 is 0 Å². The lowest BCUT2D eigenvalue weighted by atomic mass is 9.77. The fraction of sp³-hybridized carbons (Fsp3) is 0.585. The maximum atomic E-state index is 14.6. The minimum Gasteiger partial charge on any atom is -0.479 e. The molecule has 0 spiro atoms. The van der Waals surface area contributed by atoms with Crippen molar-refractivity contribution in [1.82, 2.24) is 4.90 Å². The van der Waals surface area contributed by atoms with Gasteiger partial charge in [-0.3, -0.25) is 14.5 Å². The Morgan fingerprint density at radius 3 is 1.84 bits per heavy atom. The molecule has 50 heavy (non-hydrogen) atoms. The maximum absolute atomic E-state index is 14.6. The van der Waals surface area contributed by atoms with Crippen LogP contribution in [0.5, 0.6) is 0 Å². The van der Waals surface area contributed by atoms with Crippen LogP contribution in [0.25, 0.3) is 0 Å². The summed E-state index contributed by atoms with van der Waals surface area (Å²) in [6.45, 7) is 7.71. The number of aliphatic hydroxyl groups is 1. The molecule has 2 N–H and O–H groups in total. The molecule has 2 amide bonds. The first-order valence-electron chi connectivity index (χ1n) is 18.5. The van der Waals surface area contributed by atoms with Gasteiger partial charge in [-0.25, -0.2) is 13.6 Å². The highest BCUT2D eigenvalue weighted by atomic mass is 32.2. The van der Waals surface area contributed by atoms with Crippen LogP contribution in [0.2, 0.25) is 0 Å². The second-order valence-electron chi connectivity index (χ2n) is 14.1. The van der Waals surface area contributed by atoms with Gasteiger partial charge in [0, 0.05) is 12.8 Å². The molecule has 1 aliphatic heterocycles. The van der Waals surface area contributed by atoms with Crippen molar-refractivity contribution in [3.63, 3.8) is 0 Å². The Kier molecular flexibility index (Phi) is 16.2. The summed E-state index contributed by atoms with van der Waals surface area (Å²) >= 11 is 1.05. The van der Waals surface area contributed by atoms with E-state index in [-0.39, 0.29) is 25.2 Å². The number of benzene rings is 2. The van der Waals surface area contributed by atoms with Crippen molar-refractivity contribution in [2.75, 3.05) is 0 Å². The third kappa shape index (κ3) is 10.3. The van der Waals surface area contributed by atoms with E-state index in [0.29, 0.717) is 44.9 Å². The molecule has 0 aromatic heterocycles. The quantitative estimate of drug-likeness (QED) is 0.0932. The average Bonchev–Trinajstić information content (AvgIpc) is 3.42. The zero-order valence-corrected chi connectivity index (χ0v) is 31.1. The van der Waals surface area contributed by atoms with Crippen LogP contribution in [0, 0.1) is 11.8 Å². The van der Waals surface area contributed by atoms with E-state index in [1.54, 1.807) is 13.0 Å². The number of hydrogen-bond donors (Lipinski definition) is 2. The molecule has 0 aliphatic carbocycles. The topological polar surface area (TPSA) is 94.9 Å². The molecule has 1 heterocycles. The molecule has 1 aliphatic rings. The van der Waals surface area contributed by atoms with E-state index in [0.717, 1.165) is 48.6 Å². The van der Waals surface area contributed by atoms with Gasteiger partial charge in [-0.15, -0.1) is 0 Å². The third-order valence-electron chi connectivity index (χ3n) is 9.83. The Balaban J connectivity index is 1.80. The molecule has 1 saturated heterocycles. The second kappa shape index (κ2) is 19.5. The Labute approximate surface area is 302 Å². The number of thioether (sulfide) groups is 1.